The van der Waals surface area contributed by atoms with Crippen molar-refractivity contribution in [3.05, 3.63) is 34.7 Å². The number of nitrogens with one attached hydrogen (secondary N) is 2. The van der Waals surface area contributed by atoms with E-state index >= 15 is 0 Å². The van der Waals surface area contributed by atoms with Crippen LogP contribution in [0.2, 0.25) is 0 Å². The summed E-state index contributed by atoms with van der Waals surface area (Å²) < 4.78 is 8.12. The minimum atomic E-state index is -0.712. The lowest BCUT2D eigenvalue weighted by Crippen LogP contribution is -2.42. The van der Waals surface area contributed by atoms with Crippen LogP contribution in [0, 0.1) is 5.92 Å². The number of imidazole rings is 1. The number of benzene rings is 1. The number of carbonyl (C=O) groups is 3. The molecule has 2 N–H and O–H groups in total. The monoisotopic (exact) mass is 404 g/mol. The van der Waals surface area contributed by atoms with E-state index in [1.165, 1.54) is 4.57 Å². The van der Waals surface area contributed by atoms with E-state index in [1.54, 1.807) is 4.57 Å². The lowest BCUT2D eigenvalue weighted by atomic mass is 10.2. The average Bonchev–Trinajstić information content (AvgIpc) is 2.95. The van der Waals surface area contributed by atoms with Crippen LogP contribution < -0.4 is 16.3 Å². The van der Waals surface area contributed by atoms with Crippen molar-refractivity contribution in [2.75, 3.05) is 13.2 Å². The van der Waals surface area contributed by atoms with Crippen LogP contribution in [-0.2, 0) is 27.4 Å². The van der Waals surface area contributed by atoms with Gasteiger partial charge in [0.2, 0.25) is 0 Å². The minimum Gasteiger partial charge on any atom is -0.456 e. The fraction of sp³-hybridized carbons (Fsp3) is 0.500. The van der Waals surface area contributed by atoms with Gasteiger partial charge in [0.05, 0.1) is 17.5 Å². The van der Waals surface area contributed by atoms with E-state index in [4.69, 9.17) is 4.74 Å². The molecule has 0 saturated heterocycles. The Morgan fingerprint density at radius 1 is 1.07 bits per heavy atom. The summed E-state index contributed by atoms with van der Waals surface area (Å²) in [7, 11) is 0. The zero-order valence-corrected chi connectivity index (χ0v) is 17.1. The summed E-state index contributed by atoms with van der Waals surface area (Å²) in [6.07, 6.45) is 0.753. The number of amides is 3. The number of carbonyl (C=O) groups excluding carboxylic acids is 3. The highest BCUT2D eigenvalue weighted by Crippen LogP contribution is 2.13. The lowest BCUT2D eigenvalue weighted by Gasteiger charge is -2.09. The zero-order valence-electron chi connectivity index (χ0n) is 17.1. The molecule has 158 valence electrons. The molecule has 0 spiro atoms. The molecule has 0 fully saturated rings. The molecule has 0 bridgehead atoms. The molecule has 0 aliphatic heterocycles. The Balaban J connectivity index is 1.88. The first-order chi connectivity index (χ1) is 13.8. The SMILES string of the molecule is CCCn1c(=O)n(CCC(=O)OCC(=O)NC(=O)NCC(C)C)c2ccccc21. The number of hydrogen-bond donors (Lipinski definition) is 2. The van der Waals surface area contributed by atoms with Gasteiger partial charge < -0.3 is 10.1 Å². The lowest BCUT2D eigenvalue weighted by molar-refractivity contribution is -0.148. The molecule has 3 amide bonds. The Kier molecular flexibility index (Phi) is 7.99. The van der Waals surface area contributed by atoms with Gasteiger partial charge in [0.1, 0.15) is 0 Å². The Hall–Kier alpha value is -3.10. The Morgan fingerprint density at radius 2 is 1.69 bits per heavy atom. The third-order valence-corrected chi connectivity index (χ3v) is 4.20. The number of rotatable bonds is 9. The molecular formula is C20H28N4O5. The van der Waals surface area contributed by atoms with Crippen molar-refractivity contribution < 1.29 is 19.1 Å². The minimum absolute atomic E-state index is 0.0626. The molecule has 9 nitrogen and oxygen atoms in total. The van der Waals surface area contributed by atoms with E-state index in [0.29, 0.717) is 13.1 Å². The number of fused-ring (bicyclic) bond motifs is 1. The van der Waals surface area contributed by atoms with E-state index in [0.717, 1.165) is 17.5 Å². The van der Waals surface area contributed by atoms with Gasteiger partial charge in [-0.2, -0.15) is 0 Å². The Labute approximate surface area is 169 Å². The highest BCUT2D eigenvalue weighted by Gasteiger charge is 2.15. The van der Waals surface area contributed by atoms with Crippen LogP contribution in [-0.4, -0.2) is 40.2 Å². The summed E-state index contributed by atoms with van der Waals surface area (Å²) in [5.41, 5.74) is 1.39. The first kappa shape index (κ1) is 22.2. The van der Waals surface area contributed by atoms with Gasteiger partial charge in [-0.05, 0) is 24.5 Å². The molecule has 1 aromatic heterocycles. The third-order valence-electron chi connectivity index (χ3n) is 4.20. The van der Waals surface area contributed by atoms with E-state index in [-0.39, 0.29) is 24.6 Å². The molecule has 2 rings (SSSR count). The van der Waals surface area contributed by atoms with Gasteiger partial charge in [0, 0.05) is 19.6 Å². The number of imide groups is 1. The van der Waals surface area contributed by atoms with Crippen LogP contribution in [0.3, 0.4) is 0 Å². The van der Waals surface area contributed by atoms with Crippen LogP contribution in [0.4, 0.5) is 4.79 Å². The molecule has 0 unspecified atom stereocenters. The number of para-hydroxylation sites is 2. The van der Waals surface area contributed by atoms with Gasteiger partial charge >= 0.3 is 17.7 Å². The number of aryl methyl sites for hydroxylation is 2. The number of urea groups is 1. The van der Waals surface area contributed by atoms with Crippen molar-refractivity contribution in [3.63, 3.8) is 0 Å². The van der Waals surface area contributed by atoms with Crippen LogP contribution in [0.1, 0.15) is 33.6 Å². The van der Waals surface area contributed by atoms with Crippen molar-refractivity contribution in [2.24, 2.45) is 5.92 Å². The summed E-state index contributed by atoms with van der Waals surface area (Å²) in [5.74, 6) is -1.08. The third kappa shape index (κ3) is 6.20. The summed E-state index contributed by atoms with van der Waals surface area (Å²) >= 11 is 0. The van der Waals surface area contributed by atoms with E-state index in [1.807, 2.05) is 45.0 Å². The highest BCUT2D eigenvalue weighted by atomic mass is 16.5. The van der Waals surface area contributed by atoms with Crippen molar-refractivity contribution in [3.8, 4) is 0 Å². The summed E-state index contributed by atoms with van der Waals surface area (Å²) in [6.45, 7) is 6.45. The van der Waals surface area contributed by atoms with Gasteiger partial charge in [-0.3, -0.25) is 24.0 Å². The molecule has 1 heterocycles. The Morgan fingerprint density at radius 3 is 2.28 bits per heavy atom. The Bertz CT molecular complexity index is 929. The molecule has 0 aliphatic carbocycles. The molecule has 29 heavy (non-hydrogen) atoms. The molecule has 1 aromatic carbocycles. The maximum absolute atomic E-state index is 12.7. The first-order valence-electron chi connectivity index (χ1n) is 9.74. The number of nitrogens with zero attached hydrogens (tertiary/aromatic N) is 2. The number of ether oxygens (including phenoxy) is 1. The topological polar surface area (TPSA) is 111 Å². The second-order valence-electron chi connectivity index (χ2n) is 7.14. The molecule has 0 saturated carbocycles. The zero-order chi connectivity index (χ0) is 21.4. The van der Waals surface area contributed by atoms with Crippen LogP contribution in [0.25, 0.3) is 11.0 Å². The molecule has 0 radical (unpaired) electrons. The van der Waals surface area contributed by atoms with E-state index in [2.05, 4.69) is 10.6 Å². The van der Waals surface area contributed by atoms with Crippen LogP contribution >= 0.6 is 0 Å². The normalized spacial score (nSPS) is 10.9. The first-order valence-corrected chi connectivity index (χ1v) is 9.74. The van der Waals surface area contributed by atoms with Crippen molar-refractivity contribution in [1.82, 2.24) is 19.8 Å². The summed E-state index contributed by atoms with van der Waals surface area (Å²) in [5, 5.41) is 4.62. The fourth-order valence-electron chi connectivity index (χ4n) is 2.85. The summed E-state index contributed by atoms with van der Waals surface area (Å²) in [4.78, 5) is 47.8. The second-order valence-corrected chi connectivity index (χ2v) is 7.14. The van der Waals surface area contributed by atoms with Crippen molar-refractivity contribution in [1.29, 1.82) is 0 Å². The fourth-order valence-corrected chi connectivity index (χ4v) is 2.85. The van der Waals surface area contributed by atoms with Gasteiger partial charge in [-0.25, -0.2) is 9.59 Å². The highest BCUT2D eigenvalue weighted by molar-refractivity contribution is 5.95. The molecule has 0 aliphatic rings. The average molecular weight is 404 g/mol. The molecule has 2 aromatic rings. The second kappa shape index (κ2) is 10.4. The molecule has 9 heteroatoms. The molecule has 0 atom stereocenters. The molecular weight excluding hydrogens is 376 g/mol. The van der Waals surface area contributed by atoms with Crippen molar-refractivity contribution in [2.45, 2.75) is 46.7 Å². The largest absolute Gasteiger partial charge is 0.456 e. The van der Waals surface area contributed by atoms with Gasteiger partial charge in [0.25, 0.3) is 5.91 Å². The maximum Gasteiger partial charge on any atom is 0.329 e. The standard InChI is InChI=1S/C20H28N4O5/c1-4-10-23-15-7-5-6-8-16(15)24(20(23)28)11-9-18(26)29-13-17(25)22-19(27)21-12-14(2)3/h5-8,14H,4,9-13H2,1-3H3,(H2,21,22,25,27). The van der Waals surface area contributed by atoms with Crippen LogP contribution in [0.15, 0.2) is 29.1 Å². The van der Waals surface area contributed by atoms with E-state index < -0.39 is 24.5 Å². The van der Waals surface area contributed by atoms with E-state index in [9.17, 15) is 19.2 Å². The van der Waals surface area contributed by atoms with Crippen molar-refractivity contribution >= 4 is 28.9 Å². The number of esters is 1. The number of hydrogen-bond acceptors (Lipinski definition) is 5. The predicted octanol–water partition coefficient (Wildman–Crippen LogP) is 1.63. The number of aromatic nitrogens is 2. The summed E-state index contributed by atoms with van der Waals surface area (Å²) in [6, 6.07) is 6.77. The van der Waals surface area contributed by atoms with Crippen LogP contribution in [0.5, 0.6) is 0 Å². The quantitative estimate of drug-likeness (QED) is 0.617. The predicted molar refractivity (Wildman–Crippen MR) is 108 cm³/mol. The van der Waals surface area contributed by atoms with Gasteiger partial charge in [-0.15, -0.1) is 0 Å². The van der Waals surface area contributed by atoms with Gasteiger partial charge in [0.15, 0.2) is 6.61 Å². The van der Waals surface area contributed by atoms with Gasteiger partial charge in [-0.1, -0.05) is 32.9 Å². The maximum atomic E-state index is 12.7. The smallest absolute Gasteiger partial charge is 0.329 e.